The van der Waals surface area contributed by atoms with E-state index in [1.807, 2.05) is 0 Å². The molecule has 0 N–H and O–H groups in total. The molecule has 0 aliphatic rings. The van der Waals surface area contributed by atoms with Gasteiger partial charge in [-0.2, -0.15) is 0 Å². The van der Waals surface area contributed by atoms with Gasteiger partial charge in [0.1, 0.15) is 13.2 Å². The number of unbranched alkanes of at least 4 members (excludes halogenated alkanes) is 25. The van der Waals surface area contributed by atoms with Crippen molar-refractivity contribution in [1.29, 1.82) is 0 Å². The molecular weight excluding hydrogens is 612 g/mol. The maximum atomic E-state index is 12.6. The van der Waals surface area contributed by atoms with Crippen LogP contribution < -0.4 is 0 Å². The number of hydrogen-bond donors (Lipinski definition) is 0. The number of esters is 3. The molecule has 49 heavy (non-hydrogen) atoms. The van der Waals surface area contributed by atoms with Gasteiger partial charge in [0.2, 0.25) is 0 Å². The zero-order valence-electron chi connectivity index (χ0n) is 32.7. The average molecular weight is 693 g/mol. The van der Waals surface area contributed by atoms with Crippen LogP contribution >= 0.6 is 0 Å². The molecule has 6 nitrogen and oxygen atoms in total. The van der Waals surface area contributed by atoms with Gasteiger partial charge in [-0.05, 0) is 38.5 Å². The molecule has 0 fully saturated rings. The molecule has 6 heteroatoms. The minimum Gasteiger partial charge on any atom is -0.462 e. The summed E-state index contributed by atoms with van der Waals surface area (Å²) in [6.07, 6.45) is 39.1. The third kappa shape index (κ3) is 37.2. The van der Waals surface area contributed by atoms with E-state index in [0.717, 1.165) is 64.2 Å². The molecule has 288 valence electrons. The van der Waals surface area contributed by atoms with Crippen molar-refractivity contribution in [1.82, 2.24) is 0 Å². The summed E-state index contributed by atoms with van der Waals surface area (Å²) >= 11 is 0. The van der Waals surface area contributed by atoms with Crippen molar-refractivity contribution in [3.63, 3.8) is 0 Å². The van der Waals surface area contributed by atoms with E-state index in [9.17, 15) is 14.4 Å². The van der Waals surface area contributed by atoms with Crippen LogP contribution in [0.2, 0.25) is 0 Å². The minimum atomic E-state index is -0.763. The van der Waals surface area contributed by atoms with Gasteiger partial charge in [0.05, 0.1) is 0 Å². The van der Waals surface area contributed by atoms with Gasteiger partial charge in [-0.3, -0.25) is 14.4 Å². The molecule has 0 bridgehead atoms. The summed E-state index contributed by atoms with van der Waals surface area (Å²) in [5.41, 5.74) is 0. The lowest BCUT2D eigenvalue weighted by Gasteiger charge is -2.18. The summed E-state index contributed by atoms with van der Waals surface area (Å²) in [5, 5.41) is 0. The van der Waals surface area contributed by atoms with E-state index in [4.69, 9.17) is 14.2 Å². The minimum absolute atomic E-state index is 0.0698. The smallest absolute Gasteiger partial charge is 0.306 e. The van der Waals surface area contributed by atoms with Gasteiger partial charge in [-0.1, -0.05) is 181 Å². The molecule has 0 saturated heterocycles. The van der Waals surface area contributed by atoms with Crippen molar-refractivity contribution < 1.29 is 28.6 Å². The molecule has 0 rings (SSSR count). The average Bonchev–Trinajstić information content (AvgIpc) is 3.10. The molecule has 0 heterocycles. The Bertz CT molecular complexity index is 763. The third-order valence-corrected chi connectivity index (χ3v) is 9.27. The highest BCUT2D eigenvalue weighted by molar-refractivity contribution is 5.71. The predicted octanol–water partition coefficient (Wildman–Crippen LogP) is 13.1. The Hall–Kier alpha value is -1.85. The zero-order chi connectivity index (χ0) is 35.9. The van der Waals surface area contributed by atoms with Crippen LogP contribution in [0.15, 0.2) is 12.2 Å². The summed E-state index contributed by atoms with van der Waals surface area (Å²) in [5.74, 6) is -0.881. The maximum absolute atomic E-state index is 12.6. The Morgan fingerprint density at radius 3 is 1.08 bits per heavy atom. The normalized spacial score (nSPS) is 12.0. The lowest BCUT2D eigenvalue weighted by atomic mass is 10.0. The molecule has 0 aliphatic carbocycles. The number of hydrogen-bond acceptors (Lipinski definition) is 6. The fourth-order valence-corrected chi connectivity index (χ4v) is 6.01. The van der Waals surface area contributed by atoms with Crippen LogP contribution in [0.3, 0.4) is 0 Å². The third-order valence-electron chi connectivity index (χ3n) is 9.27. The fourth-order valence-electron chi connectivity index (χ4n) is 6.01. The van der Waals surface area contributed by atoms with Crippen molar-refractivity contribution in [3.8, 4) is 0 Å². The molecule has 0 spiro atoms. The summed E-state index contributed by atoms with van der Waals surface area (Å²) in [6.45, 7) is 6.55. The van der Waals surface area contributed by atoms with Crippen LogP contribution in [0.25, 0.3) is 0 Å². The second-order valence-electron chi connectivity index (χ2n) is 14.3. The first-order valence-corrected chi connectivity index (χ1v) is 21.2. The van der Waals surface area contributed by atoms with Crippen molar-refractivity contribution >= 4 is 17.9 Å². The highest BCUT2D eigenvalue weighted by Gasteiger charge is 2.19. The van der Waals surface area contributed by atoms with Gasteiger partial charge in [0, 0.05) is 19.3 Å². The molecule has 1 unspecified atom stereocenters. The van der Waals surface area contributed by atoms with E-state index < -0.39 is 6.10 Å². The van der Waals surface area contributed by atoms with Crippen LogP contribution in [-0.2, 0) is 28.6 Å². The van der Waals surface area contributed by atoms with Gasteiger partial charge >= 0.3 is 17.9 Å². The summed E-state index contributed by atoms with van der Waals surface area (Å²) in [4.78, 5) is 37.5. The van der Waals surface area contributed by atoms with Crippen molar-refractivity contribution in [3.05, 3.63) is 12.2 Å². The second kappa shape index (κ2) is 38.9. The van der Waals surface area contributed by atoms with Gasteiger partial charge in [0.25, 0.3) is 0 Å². The van der Waals surface area contributed by atoms with Crippen LogP contribution in [-0.4, -0.2) is 37.2 Å². The Morgan fingerprint density at radius 2 is 0.694 bits per heavy atom. The summed E-state index contributed by atoms with van der Waals surface area (Å²) in [7, 11) is 0. The largest absolute Gasteiger partial charge is 0.462 e. The first kappa shape index (κ1) is 47.1. The molecule has 0 saturated carbocycles. The van der Waals surface area contributed by atoms with E-state index in [1.165, 1.54) is 122 Å². The van der Waals surface area contributed by atoms with Crippen molar-refractivity contribution in [2.45, 2.75) is 232 Å². The zero-order valence-corrected chi connectivity index (χ0v) is 32.7. The summed E-state index contributed by atoms with van der Waals surface area (Å²) in [6, 6.07) is 0. The standard InChI is InChI=1S/C43H80O6/c1-4-7-10-13-16-19-21-23-24-27-30-33-36-42(45)48-39-40(38-47-41(44)35-32-29-26-18-15-12-9-6-3)49-43(46)37-34-31-28-25-22-20-17-14-11-8-5-2/h14,17,40H,4-13,15-16,18-39H2,1-3H3/b17-14-. The maximum Gasteiger partial charge on any atom is 0.306 e. The van der Waals surface area contributed by atoms with Crippen LogP contribution in [0.5, 0.6) is 0 Å². The van der Waals surface area contributed by atoms with Crippen molar-refractivity contribution in [2.24, 2.45) is 0 Å². The number of allylic oxidation sites excluding steroid dienone is 2. The van der Waals surface area contributed by atoms with E-state index in [0.29, 0.717) is 19.3 Å². The number of carbonyl (C=O) groups excluding carboxylic acids is 3. The quantitative estimate of drug-likeness (QED) is 0.0277. The van der Waals surface area contributed by atoms with Gasteiger partial charge in [-0.25, -0.2) is 0 Å². The van der Waals surface area contributed by atoms with Crippen molar-refractivity contribution in [2.75, 3.05) is 13.2 Å². The second-order valence-corrected chi connectivity index (χ2v) is 14.3. The summed E-state index contributed by atoms with van der Waals surface area (Å²) < 4.78 is 16.6. The first-order chi connectivity index (χ1) is 24.0. The van der Waals surface area contributed by atoms with E-state index in [1.54, 1.807) is 0 Å². The number of rotatable bonds is 38. The van der Waals surface area contributed by atoms with E-state index in [2.05, 4.69) is 32.9 Å². The Balaban J connectivity index is 4.34. The predicted molar refractivity (Wildman–Crippen MR) is 206 cm³/mol. The van der Waals surface area contributed by atoms with Gasteiger partial charge < -0.3 is 14.2 Å². The SMILES string of the molecule is CCCC/C=C\CCCCCCCC(=O)OC(COC(=O)CCCCCCCCCC)COC(=O)CCCCCCCCCCCCCC. The number of ether oxygens (including phenoxy) is 3. The molecule has 0 aromatic carbocycles. The molecule has 0 radical (unpaired) electrons. The topological polar surface area (TPSA) is 78.9 Å². The highest BCUT2D eigenvalue weighted by Crippen LogP contribution is 2.14. The van der Waals surface area contributed by atoms with E-state index >= 15 is 0 Å². The van der Waals surface area contributed by atoms with Crippen LogP contribution in [0, 0.1) is 0 Å². The van der Waals surface area contributed by atoms with Gasteiger partial charge in [0.15, 0.2) is 6.10 Å². The first-order valence-electron chi connectivity index (χ1n) is 21.2. The van der Waals surface area contributed by atoms with Crippen LogP contribution in [0.4, 0.5) is 0 Å². The monoisotopic (exact) mass is 693 g/mol. The molecule has 0 aliphatic heterocycles. The molecule has 1 atom stereocenters. The molecule has 0 aromatic rings. The molecule has 0 aromatic heterocycles. The number of carbonyl (C=O) groups is 3. The Kier molecular flexibility index (Phi) is 37.5. The van der Waals surface area contributed by atoms with Crippen LogP contribution in [0.1, 0.15) is 226 Å². The van der Waals surface area contributed by atoms with E-state index in [-0.39, 0.29) is 31.1 Å². The molecule has 0 amide bonds. The fraction of sp³-hybridized carbons (Fsp3) is 0.884. The Morgan fingerprint density at radius 1 is 0.388 bits per heavy atom. The molecular formula is C43H80O6. The highest BCUT2D eigenvalue weighted by atomic mass is 16.6. The lowest BCUT2D eigenvalue weighted by molar-refractivity contribution is -0.167. The Labute approximate surface area is 303 Å². The lowest BCUT2D eigenvalue weighted by Crippen LogP contribution is -2.30. The van der Waals surface area contributed by atoms with Gasteiger partial charge in [-0.15, -0.1) is 0 Å².